The first-order valence-corrected chi connectivity index (χ1v) is 8.05. The van der Waals surface area contributed by atoms with Crippen LogP contribution in [0.2, 0.25) is 0 Å². The van der Waals surface area contributed by atoms with Gasteiger partial charge < -0.3 is 11.1 Å². The van der Waals surface area contributed by atoms with Gasteiger partial charge in [0.05, 0.1) is 6.54 Å². The van der Waals surface area contributed by atoms with E-state index in [4.69, 9.17) is 5.73 Å². The zero-order valence-electron chi connectivity index (χ0n) is 14.4. The molecule has 0 spiro atoms. The van der Waals surface area contributed by atoms with Gasteiger partial charge in [-0.1, -0.05) is 27.2 Å². The summed E-state index contributed by atoms with van der Waals surface area (Å²) in [5.41, 5.74) is 7.18. The first-order chi connectivity index (χ1) is 11.0. The lowest BCUT2D eigenvalue weighted by Gasteiger charge is -2.18. The van der Waals surface area contributed by atoms with E-state index in [2.05, 4.69) is 41.3 Å². The molecule has 24 heavy (non-hydrogen) atoms. The third-order valence-corrected chi connectivity index (χ3v) is 4.07. The average Bonchev–Trinajstić information content (AvgIpc) is 3.02. The van der Waals surface area contributed by atoms with Crippen molar-refractivity contribution in [3.63, 3.8) is 0 Å². The van der Waals surface area contributed by atoms with Crippen molar-refractivity contribution in [2.75, 3.05) is 5.32 Å². The summed E-state index contributed by atoms with van der Waals surface area (Å²) in [5.74, 6) is 2.24. The minimum absolute atomic E-state index is 0. The standard InChI is InChI=1S/C17H25N5O.ClH/c1-4-12(11(2)3)9-16(23)19-14-7-5-13(6-8-14)17-20-15(10-18)21-22-17;/h5-8,11-12H,4,9-10,18H2,1-3H3,(H,19,23)(H,20,21,22);1H. The highest BCUT2D eigenvalue weighted by Crippen LogP contribution is 2.21. The van der Waals surface area contributed by atoms with Crippen LogP contribution in [0.15, 0.2) is 24.3 Å². The molecule has 2 rings (SSSR count). The molecule has 1 atom stereocenters. The minimum Gasteiger partial charge on any atom is -0.326 e. The maximum absolute atomic E-state index is 12.1. The van der Waals surface area contributed by atoms with Gasteiger partial charge in [0.25, 0.3) is 0 Å². The van der Waals surface area contributed by atoms with Crippen LogP contribution in [0.5, 0.6) is 0 Å². The van der Waals surface area contributed by atoms with Crippen molar-refractivity contribution in [2.24, 2.45) is 17.6 Å². The number of rotatable bonds is 7. The third kappa shape index (κ3) is 5.32. The number of anilines is 1. The lowest BCUT2D eigenvalue weighted by molar-refractivity contribution is -0.117. The summed E-state index contributed by atoms with van der Waals surface area (Å²) in [6, 6.07) is 7.50. The van der Waals surface area contributed by atoms with Gasteiger partial charge in [0.2, 0.25) is 5.91 Å². The summed E-state index contributed by atoms with van der Waals surface area (Å²) < 4.78 is 0. The Morgan fingerprint density at radius 3 is 2.46 bits per heavy atom. The monoisotopic (exact) mass is 351 g/mol. The number of aromatic amines is 1. The molecular formula is C17H26ClN5O. The number of benzene rings is 1. The van der Waals surface area contributed by atoms with Crippen LogP contribution in [0.25, 0.3) is 11.4 Å². The summed E-state index contributed by atoms with van der Waals surface area (Å²) in [7, 11) is 0. The van der Waals surface area contributed by atoms with Gasteiger partial charge in [0.1, 0.15) is 5.82 Å². The fourth-order valence-corrected chi connectivity index (χ4v) is 2.52. The number of nitrogens with zero attached hydrogens (tertiary/aromatic N) is 2. The van der Waals surface area contributed by atoms with Gasteiger partial charge >= 0.3 is 0 Å². The van der Waals surface area contributed by atoms with E-state index in [1.807, 2.05) is 24.3 Å². The molecule has 1 heterocycles. The van der Waals surface area contributed by atoms with Crippen LogP contribution in [0, 0.1) is 11.8 Å². The fourth-order valence-electron chi connectivity index (χ4n) is 2.52. The Morgan fingerprint density at radius 2 is 1.96 bits per heavy atom. The van der Waals surface area contributed by atoms with E-state index in [-0.39, 0.29) is 18.3 Å². The molecule has 0 aliphatic heterocycles. The van der Waals surface area contributed by atoms with Crippen molar-refractivity contribution in [3.8, 4) is 11.4 Å². The van der Waals surface area contributed by atoms with Crippen LogP contribution in [0.1, 0.15) is 39.4 Å². The second kappa shape index (κ2) is 9.39. The van der Waals surface area contributed by atoms with Crippen molar-refractivity contribution in [2.45, 2.75) is 40.2 Å². The maximum atomic E-state index is 12.1. The van der Waals surface area contributed by atoms with E-state index < -0.39 is 0 Å². The Balaban J connectivity index is 0.00000288. The Hall–Kier alpha value is -1.92. The van der Waals surface area contributed by atoms with Crippen LogP contribution in [0.4, 0.5) is 5.69 Å². The van der Waals surface area contributed by atoms with Crippen molar-refractivity contribution in [1.29, 1.82) is 0 Å². The molecule has 0 radical (unpaired) electrons. The average molecular weight is 352 g/mol. The van der Waals surface area contributed by atoms with Gasteiger partial charge in [0, 0.05) is 17.7 Å². The number of carbonyl (C=O) groups excluding carboxylic acids is 1. The van der Waals surface area contributed by atoms with Crippen LogP contribution >= 0.6 is 12.4 Å². The van der Waals surface area contributed by atoms with Gasteiger partial charge in [-0.3, -0.25) is 9.89 Å². The SMILES string of the molecule is CCC(CC(=O)Nc1ccc(-c2n[nH]c(CN)n2)cc1)C(C)C.Cl. The summed E-state index contributed by atoms with van der Waals surface area (Å²) in [5, 5.41) is 9.85. The van der Waals surface area contributed by atoms with E-state index in [0.29, 0.717) is 36.5 Å². The van der Waals surface area contributed by atoms with Gasteiger partial charge in [0.15, 0.2) is 5.82 Å². The van der Waals surface area contributed by atoms with Crippen LogP contribution in [-0.4, -0.2) is 21.1 Å². The normalized spacial score (nSPS) is 11.9. The van der Waals surface area contributed by atoms with Crippen LogP contribution < -0.4 is 11.1 Å². The molecule has 0 fully saturated rings. The quantitative estimate of drug-likeness (QED) is 0.712. The Bertz CT molecular complexity index is 639. The number of H-pyrrole nitrogens is 1. The highest BCUT2D eigenvalue weighted by molar-refractivity contribution is 5.91. The Labute approximate surface area is 149 Å². The molecule has 1 aromatic heterocycles. The maximum Gasteiger partial charge on any atom is 0.224 e. The number of amides is 1. The molecule has 0 saturated heterocycles. The van der Waals surface area contributed by atoms with E-state index >= 15 is 0 Å². The molecule has 0 aliphatic rings. The van der Waals surface area contributed by atoms with Crippen molar-refractivity contribution >= 4 is 24.0 Å². The molecule has 1 amide bonds. The summed E-state index contributed by atoms with van der Waals surface area (Å²) in [4.78, 5) is 16.4. The molecule has 7 heteroatoms. The van der Waals surface area contributed by atoms with Crippen molar-refractivity contribution < 1.29 is 4.79 Å². The Kier molecular flexibility index (Phi) is 7.88. The summed E-state index contributed by atoms with van der Waals surface area (Å²) in [6.07, 6.45) is 1.56. The zero-order chi connectivity index (χ0) is 16.8. The van der Waals surface area contributed by atoms with Gasteiger partial charge in [-0.2, -0.15) is 5.10 Å². The number of nitrogens with two attached hydrogens (primary N) is 1. The number of halogens is 1. The first-order valence-electron chi connectivity index (χ1n) is 8.05. The Morgan fingerprint density at radius 1 is 1.29 bits per heavy atom. The molecular weight excluding hydrogens is 326 g/mol. The lowest BCUT2D eigenvalue weighted by Crippen LogP contribution is -2.19. The molecule has 132 valence electrons. The number of hydrogen-bond donors (Lipinski definition) is 3. The van der Waals surface area contributed by atoms with E-state index in [9.17, 15) is 4.79 Å². The van der Waals surface area contributed by atoms with Crippen LogP contribution in [0.3, 0.4) is 0 Å². The largest absolute Gasteiger partial charge is 0.326 e. The second-order valence-electron chi connectivity index (χ2n) is 6.05. The predicted molar refractivity (Wildman–Crippen MR) is 98.8 cm³/mol. The van der Waals surface area contributed by atoms with E-state index in [0.717, 1.165) is 17.7 Å². The summed E-state index contributed by atoms with van der Waals surface area (Å²) >= 11 is 0. The van der Waals surface area contributed by atoms with Crippen LogP contribution in [-0.2, 0) is 11.3 Å². The second-order valence-corrected chi connectivity index (χ2v) is 6.05. The smallest absolute Gasteiger partial charge is 0.224 e. The number of hydrogen-bond acceptors (Lipinski definition) is 4. The third-order valence-electron chi connectivity index (χ3n) is 4.07. The topological polar surface area (TPSA) is 96.7 Å². The molecule has 0 aliphatic carbocycles. The fraction of sp³-hybridized carbons (Fsp3) is 0.471. The molecule has 1 unspecified atom stereocenters. The van der Waals surface area contributed by atoms with Gasteiger partial charge in [-0.25, -0.2) is 4.98 Å². The highest BCUT2D eigenvalue weighted by atomic mass is 35.5. The van der Waals surface area contributed by atoms with E-state index in [1.165, 1.54) is 0 Å². The molecule has 0 saturated carbocycles. The summed E-state index contributed by atoms with van der Waals surface area (Å²) in [6.45, 7) is 6.76. The first kappa shape index (κ1) is 20.1. The number of carbonyl (C=O) groups is 1. The van der Waals surface area contributed by atoms with Gasteiger partial charge in [-0.05, 0) is 36.1 Å². The molecule has 1 aromatic carbocycles. The van der Waals surface area contributed by atoms with Gasteiger partial charge in [-0.15, -0.1) is 12.4 Å². The van der Waals surface area contributed by atoms with Crippen molar-refractivity contribution in [1.82, 2.24) is 15.2 Å². The predicted octanol–water partition coefficient (Wildman–Crippen LogP) is 3.36. The van der Waals surface area contributed by atoms with Crippen molar-refractivity contribution in [3.05, 3.63) is 30.1 Å². The zero-order valence-corrected chi connectivity index (χ0v) is 15.2. The number of nitrogens with one attached hydrogen (secondary N) is 2. The molecule has 4 N–H and O–H groups in total. The van der Waals surface area contributed by atoms with E-state index in [1.54, 1.807) is 0 Å². The molecule has 0 bridgehead atoms. The number of aromatic nitrogens is 3. The highest BCUT2D eigenvalue weighted by Gasteiger charge is 2.15. The molecule has 6 nitrogen and oxygen atoms in total. The molecule has 2 aromatic rings. The lowest BCUT2D eigenvalue weighted by atomic mass is 9.90. The minimum atomic E-state index is 0.